The van der Waals surface area contributed by atoms with Crippen molar-refractivity contribution in [1.82, 2.24) is 20.1 Å². The lowest BCUT2D eigenvalue weighted by Crippen LogP contribution is -2.24. The summed E-state index contributed by atoms with van der Waals surface area (Å²) in [6.07, 6.45) is 3.65. The summed E-state index contributed by atoms with van der Waals surface area (Å²) >= 11 is 0. The molecule has 2 N–H and O–H groups in total. The molecule has 1 amide bonds. The van der Waals surface area contributed by atoms with Gasteiger partial charge in [0.1, 0.15) is 5.69 Å². The molecule has 0 aliphatic heterocycles. The van der Waals surface area contributed by atoms with Crippen LogP contribution in [0.3, 0.4) is 0 Å². The van der Waals surface area contributed by atoms with Gasteiger partial charge in [-0.15, -0.1) is 0 Å². The van der Waals surface area contributed by atoms with Crippen LogP contribution < -0.4 is 5.32 Å². The van der Waals surface area contributed by atoms with E-state index in [9.17, 15) is 9.59 Å². The van der Waals surface area contributed by atoms with Gasteiger partial charge in [0.05, 0.1) is 18.7 Å². The van der Waals surface area contributed by atoms with Gasteiger partial charge in [-0.05, 0) is 43.5 Å². The molecule has 0 aliphatic carbocycles. The smallest absolute Gasteiger partial charge is 0.340 e. The average Bonchev–Trinajstić information content (AvgIpc) is 3.28. The molecule has 0 aliphatic rings. The molecule has 0 saturated heterocycles. The largest absolute Gasteiger partial charge is 0.462 e. The van der Waals surface area contributed by atoms with Crippen LogP contribution in [0.25, 0.3) is 0 Å². The molecular weight excluding hydrogens is 356 g/mol. The van der Waals surface area contributed by atoms with E-state index < -0.39 is 5.97 Å². The fraction of sp³-hybridized carbons (Fsp3) is 0.286. The van der Waals surface area contributed by atoms with Crippen LogP contribution in [-0.2, 0) is 17.8 Å². The van der Waals surface area contributed by atoms with E-state index in [-0.39, 0.29) is 5.91 Å². The fourth-order valence-electron chi connectivity index (χ4n) is 3.18. The molecule has 3 aromatic rings. The number of esters is 1. The first-order valence-corrected chi connectivity index (χ1v) is 9.19. The molecule has 0 radical (unpaired) electrons. The minimum absolute atomic E-state index is 0.256. The Kier molecular flexibility index (Phi) is 5.93. The third-order valence-corrected chi connectivity index (χ3v) is 4.49. The van der Waals surface area contributed by atoms with E-state index in [4.69, 9.17) is 4.74 Å². The number of aromatic nitrogens is 3. The predicted octanol–water partition coefficient (Wildman–Crippen LogP) is 2.98. The highest BCUT2D eigenvalue weighted by atomic mass is 16.5. The fourth-order valence-corrected chi connectivity index (χ4v) is 3.18. The number of carbonyl (C=O) groups is 2. The molecule has 7 heteroatoms. The standard InChI is InChI=1S/C21H24N4O3/c1-4-28-21(27)18-14(2)19(24-15(18)3)20(26)22-12-16-7-5-8-17(11-16)13-25-10-6-9-23-25/h5-11,24H,4,12-13H2,1-3H3,(H,22,26). The number of rotatable bonds is 7. The molecule has 3 rings (SSSR count). The highest BCUT2D eigenvalue weighted by Gasteiger charge is 2.22. The minimum Gasteiger partial charge on any atom is -0.462 e. The zero-order valence-electron chi connectivity index (χ0n) is 16.3. The number of nitrogens with one attached hydrogen (secondary N) is 2. The molecule has 0 unspecified atom stereocenters. The Morgan fingerprint density at radius 3 is 2.71 bits per heavy atom. The summed E-state index contributed by atoms with van der Waals surface area (Å²) in [4.78, 5) is 27.7. The van der Waals surface area contributed by atoms with Crippen LogP contribution in [0.15, 0.2) is 42.7 Å². The van der Waals surface area contributed by atoms with E-state index in [0.717, 1.165) is 11.1 Å². The normalized spacial score (nSPS) is 10.7. The summed E-state index contributed by atoms with van der Waals surface area (Å²) in [6, 6.07) is 9.87. The number of benzene rings is 1. The van der Waals surface area contributed by atoms with Crippen molar-refractivity contribution < 1.29 is 14.3 Å². The van der Waals surface area contributed by atoms with Crippen LogP contribution >= 0.6 is 0 Å². The highest BCUT2D eigenvalue weighted by molar-refractivity contribution is 6.00. The summed E-state index contributed by atoms with van der Waals surface area (Å²) in [7, 11) is 0. The molecule has 0 fully saturated rings. The van der Waals surface area contributed by atoms with Crippen LogP contribution in [0.4, 0.5) is 0 Å². The number of nitrogens with zero attached hydrogens (tertiary/aromatic N) is 2. The Labute approximate surface area is 163 Å². The van der Waals surface area contributed by atoms with E-state index in [2.05, 4.69) is 15.4 Å². The number of carbonyl (C=O) groups excluding carboxylic acids is 2. The van der Waals surface area contributed by atoms with E-state index in [1.54, 1.807) is 27.0 Å². The lowest BCUT2D eigenvalue weighted by Gasteiger charge is -2.08. The number of ether oxygens (including phenoxy) is 1. The van der Waals surface area contributed by atoms with Crippen molar-refractivity contribution in [2.24, 2.45) is 0 Å². The summed E-state index contributed by atoms with van der Waals surface area (Å²) in [5.74, 6) is -0.673. The molecule has 28 heavy (non-hydrogen) atoms. The minimum atomic E-state index is -0.417. The van der Waals surface area contributed by atoms with Crippen molar-refractivity contribution in [2.45, 2.75) is 33.9 Å². The molecule has 2 heterocycles. The maximum Gasteiger partial charge on any atom is 0.340 e. The van der Waals surface area contributed by atoms with Gasteiger partial charge < -0.3 is 15.0 Å². The molecular formula is C21H24N4O3. The number of hydrogen-bond donors (Lipinski definition) is 2. The zero-order valence-corrected chi connectivity index (χ0v) is 16.3. The van der Waals surface area contributed by atoms with Crippen molar-refractivity contribution in [3.05, 3.63) is 76.4 Å². The number of amides is 1. The molecule has 1 aromatic carbocycles. The Hall–Kier alpha value is -3.35. The Balaban J connectivity index is 1.68. The van der Waals surface area contributed by atoms with Gasteiger partial charge in [-0.1, -0.05) is 24.3 Å². The predicted molar refractivity (Wildman–Crippen MR) is 105 cm³/mol. The summed E-state index contributed by atoms with van der Waals surface area (Å²) in [6.45, 7) is 6.61. The van der Waals surface area contributed by atoms with Gasteiger partial charge in [-0.3, -0.25) is 9.48 Å². The van der Waals surface area contributed by atoms with E-state index >= 15 is 0 Å². The average molecular weight is 380 g/mol. The van der Waals surface area contributed by atoms with Crippen LogP contribution in [0.2, 0.25) is 0 Å². The lowest BCUT2D eigenvalue weighted by molar-refractivity contribution is 0.0525. The van der Waals surface area contributed by atoms with Gasteiger partial charge in [-0.25, -0.2) is 4.79 Å². The second kappa shape index (κ2) is 8.56. The van der Waals surface area contributed by atoms with Crippen molar-refractivity contribution in [2.75, 3.05) is 6.61 Å². The Morgan fingerprint density at radius 1 is 1.21 bits per heavy atom. The van der Waals surface area contributed by atoms with E-state index in [1.165, 1.54) is 0 Å². The van der Waals surface area contributed by atoms with E-state index in [1.807, 2.05) is 41.2 Å². The monoisotopic (exact) mass is 380 g/mol. The maximum absolute atomic E-state index is 12.6. The molecule has 0 bridgehead atoms. The number of aromatic amines is 1. The third kappa shape index (κ3) is 4.31. The second-order valence-corrected chi connectivity index (χ2v) is 6.55. The van der Waals surface area contributed by atoms with Gasteiger partial charge in [-0.2, -0.15) is 5.10 Å². The highest BCUT2D eigenvalue weighted by Crippen LogP contribution is 2.19. The Bertz CT molecular complexity index is 974. The molecule has 146 valence electrons. The zero-order chi connectivity index (χ0) is 20.1. The molecule has 2 aromatic heterocycles. The molecule has 0 saturated carbocycles. The molecule has 7 nitrogen and oxygen atoms in total. The topological polar surface area (TPSA) is 89.0 Å². The first-order valence-electron chi connectivity index (χ1n) is 9.19. The van der Waals surface area contributed by atoms with Crippen molar-refractivity contribution in [1.29, 1.82) is 0 Å². The third-order valence-electron chi connectivity index (χ3n) is 4.49. The number of hydrogen-bond acceptors (Lipinski definition) is 4. The number of H-pyrrole nitrogens is 1. The van der Waals surface area contributed by atoms with Gasteiger partial charge >= 0.3 is 5.97 Å². The number of aryl methyl sites for hydroxylation is 1. The summed E-state index contributed by atoms with van der Waals surface area (Å²) in [5.41, 5.74) is 4.13. The molecule has 0 spiro atoms. The van der Waals surface area contributed by atoms with E-state index in [0.29, 0.717) is 42.2 Å². The van der Waals surface area contributed by atoms with Crippen molar-refractivity contribution >= 4 is 11.9 Å². The van der Waals surface area contributed by atoms with Crippen LogP contribution in [0.1, 0.15) is 50.2 Å². The summed E-state index contributed by atoms with van der Waals surface area (Å²) in [5, 5.41) is 7.12. The lowest BCUT2D eigenvalue weighted by atomic mass is 10.1. The van der Waals surface area contributed by atoms with Crippen molar-refractivity contribution in [3.63, 3.8) is 0 Å². The van der Waals surface area contributed by atoms with Crippen LogP contribution in [-0.4, -0.2) is 33.2 Å². The van der Waals surface area contributed by atoms with Crippen LogP contribution in [0.5, 0.6) is 0 Å². The van der Waals surface area contributed by atoms with Crippen molar-refractivity contribution in [3.8, 4) is 0 Å². The van der Waals surface area contributed by atoms with Gasteiger partial charge in [0, 0.05) is 24.6 Å². The second-order valence-electron chi connectivity index (χ2n) is 6.55. The first-order chi connectivity index (χ1) is 13.5. The Morgan fingerprint density at radius 2 is 2.00 bits per heavy atom. The SMILES string of the molecule is CCOC(=O)c1c(C)[nH]c(C(=O)NCc2cccc(Cn3cccn3)c2)c1C. The quantitative estimate of drug-likeness (QED) is 0.617. The van der Waals surface area contributed by atoms with Gasteiger partial charge in [0.25, 0.3) is 5.91 Å². The summed E-state index contributed by atoms with van der Waals surface area (Å²) < 4.78 is 6.92. The van der Waals surface area contributed by atoms with Crippen LogP contribution in [0, 0.1) is 13.8 Å². The maximum atomic E-state index is 12.6. The first kappa shape index (κ1) is 19.4. The van der Waals surface area contributed by atoms with Gasteiger partial charge in [0.2, 0.25) is 0 Å². The van der Waals surface area contributed by atoms with Gasteiger partial charge in [0.15, 0.2) is 0 Å². The molecule has 0 atom stereocenters.